The number of esters is 1. The predicted molar refractivity (Wildman–Crippen MR) is 94.0 cm³/mol. The molecule has 1 aromatic heterocycles. The number of carbonyl (C=O) groups is 2. The van der Waals surface area contributed by atoms with Gasteiger partial charge in [-0.3, -0.25) is 9.78 Å². The van der Waals surface area contributed by atoms with E-state index in [-0.39, 0.29) is 6.42 Å². The molecule has 0 saturated heterocycles. The van der Waals surface area contributed by atoms with Gasteiger partial charge in [0.15, 0.2) is 0 Å². The molecule has 0 bridgehead atoms. The summed E-state index contributed by atoms with van der Waals surface area (Å²) >= 11 is 1.63. The summed E-state index contributed by atoms with van der Waals surface area (Å²) in [6.45, 7) is 0. The molecule has 1 atom stereocenters. The van der Waals surface area contributed by atoms with E-state index in [9.17, 15) is 9.59 Å². The molecule has 24 heavy (non-hydrogen) atoms. The summed E-state index contributed by atoms with van der Waals surface area (Å²) in [5.41, 5.74) is 1.41. The van der Waals surface area contributed by atoms with Crippen LogP contribution in [-0.4, -0.2) is 30.3 Å². The second-order valence-electron chi connectivity index (χ2n) is 4.95. The molecule has 0 aliphatic heterocycles. The van der Waals surface area contributed by atoms with E-state index in [2.05, 4.69) is 15.6 Å². The third kappa shape index (κ3) is 5.27. The van der Waals surface area contributed by atoms with Crippen LogP contribution in [0, 0.1) is 0 Å². The molecule has 1 unspecified atom stereocenters. The van der Waals surface area contributed by atoms with Gasteiger partial charge in [0.05, 0.1) is 31.5 Å². The predicted octanol–water partition coefficient (Wildman–Crippen LogP) is 3.23. The molecule has 0 saturated carbocycles. The minimum absolute atomic E-state index is 0.0512. The molecule has 2 aromatic rings. The lowest BCUT2D eigenvalue weighted by Gasteiger charge is -2.19. The first-order chi connectivity index (χ1) is 11.6. The van der Waals surface area contributed by atoms with E-state index in [0.717, 1.165) is 10.5 Å². The van der Waals surface area contributed by atoms with Crippen molar-refractivity contribution in [2.24, 2.45) is 0 Å². The molecule has 1 heterocycles. The Morgan fingerprint density at radius 3 is 2.58 bits per heavy atom. The van der Waals surface area contributed by atoms with Crippen molar-refractivity contribution in [2.75, 3.05) is 18.7 Å². The molecular formula is C17H19N3O3S. The Hall–Kier alpha value is -2.54. The number of anilines is 1. The van der Waals surface area contributed by atoms with E-state index in [1.807, 2.05) is 30.5 Å². The van der Waals surface area contributed by atoms with Gasteiger partial charge in [0.2, 0.25) is 0 Å². The number of nitrogens with zero attached hydrogens (tertiary/aromatic N) is 1. The number of ether oxygens (including phenoxy) is 1. The lowest BCUT2D eigenvalue weighted by molar-refractivity contribution is -0.141. The Balaban J connectivity index is 2.09. The highest BCUT2D eigenvalue weighted by molar-refractivity contribution is 7.98. The van der Waals surface area contributed by atoms with E-state index >= 15 is 0 Å². The van der Waals surface area contributed by atoms with E-state index in [1.165, 1.54) is 7.11 Å². The Morgan fingerprint density at radius 2 is 2.00 bits per heavy atom. The number of aromatic nitrogens is 1. The number of urea groups is 1. The van der Waals surface area contributed by atoms with Crippen LogP contribution in [0.25, 0.3) is 0 Å². The summed E-state index contributed by atoms with van der Waals surface area (Å²) in [7, 11) is 1.33. The zero-order chi connectivity index (χ0) is 17.4. The van der Waals surface area contributed by atoms with Crippen LogP contribution in [0.5, 0.6) is 0 Å². The van der Waals surface area contributed by atoms with Crippen LogP contribution < -0.4 is 10.6 Å². The van der Waals surface area contributed by atoms with Gasteiger partial charge in [0.25, 0.3) is 0 Å². The van der Waals surface area contributed by atoms with Gasteiger partial charge in [0.1, 0.15) is 0 Å². The summed E-state index contributed by atoms with van der Waals surface area (Å²) in [4.78, 5) is 28.9. The number of thioether (sulfide) groups is 1. The van der Waals surface area contributed by atoms with Crippen LogP contribution in [-0.2, 0) is 9.53 Å². The minimum atomic E-state index is -0.481. The van der Waals surface area contributed by atoms with E-state index in [0.29, 0.717) is 5.69 Å². The van der Waals surface area contributed by atoms with Gasteiger partial charge in [-0.05, 0) is 36.1 Å². The molecule has 0 radical (unpaired) electrons. The Morgan fingerprint density at radius 1 is 1.25 bits per heavy atom. The van der Waals surface area contributed by atoms with Crippen LogP contribution in [0.3, 0.4) is 0 Å². The maximum atomic E-state index is 12.2. The van der Waals surface area contributed by atoms with Gasteiger partial charge in [-0.1, -0.05) is 12.1 Å². The number of nitrogens with one attached hydrogen (secondary N) is 2. The standard InChI is InChI=1S/C17H19N3O3S/c1-23-16(21)10-15(12-5-7-14(24-2)8-6-12)20-17(22)19-13-4-3-9-18-11-13/h3-9,11,15H,10H2,1-2H3,(H2,19,20,22). The van der Waals surface area contributed by atoms with Gasteiger partial charge >= 0.3 is 12.0 Å². The zero-order valence-corrected chi connectivity index (χ0v) is 14.3. The van der Waals surface area contributed by atoms with Gasteiger partial charge in [-0.2, -0.15) is 0 Å². The van der Waals surface area contributed by atoms with Gasteiger partial charge in [0, 0.05) is 11.1 Å². The number of rotatable bonds is 6. The highest BCUT2D eigenvalue weighted by atomic mass is 32.2. The first-order valence-corrected chi connectivity index (χ1v) is 8.53. The number of hydrogen-bond acceptors (Lipinski definition) is 5. The molecule has 1 aromatic carbocycles. The van der Waals surface area contributed by atoms with Gasteiger partial charge in [-0.25, -0.2) is 4.79 Å². The summed E-state index contributed by atoms with van der Waals surface area (Å²) in [6.07, 6.45) is 5.20. The SMILES string of the molecule is COC(=O)CC(NC(=O)Nc1cccnc1)c1ccc(SC)cc1. The molecular weight excluding hydrogens is 326 g/mol. The Labute approximate surface area is 145 Å². The van der Waals surface area contributed by atoms with Crippen molar-refractivity contribution in [1.82, 2.24) is 10.3 Å². The normalized spacial score (nSPS) is 11.4. The first kappa shape index (κ1) is 17.8. The second-order valence-corrected chi connectivity index (χ2v) is 5.83. The third-order valence-electron chi connectivity index (χ3n) is 3.34. The van der Waals surface area contributed by atoms with E-state index in [1.54, 1.807) is 36.3 Å². The number of amides is 2. The highest BCUT2D eigenvalue weighted by Crippen LogP contribution is 2.22. The molecule has 0 aliphatic rings. The van der Waals surface area contributed by atoms with Crippen LogP contribution in [0.2, 0.25) is 0 Å². The monoisotopic (exact) mass is 345 g/mol. The Bertz CT molecular complexity index is 677. The molecule has 0 aliphatic carbocycles. The molecule has 126 valence electrons. The number of carbonyl (C=O) groups excluding carboxylic acids is 2. The third-order valence-corrected chi connectivity index (χ3v) is 4.08. The lowest BCUT2D eigenvalue weighted by Crippen LogP contribution is -2.34. The van der Waals surface area contributed by atoms with Crippen molar-refractivity contribution in [3.63, 3.8) is 0 Å². The fraction of sp³-hybridized carbons (Fsp3) is 0.235. The number of hydrogen-bond donors (Lipinski definition) is 2. The van der Waals surface area contributed by atoms with Crippen molar-refractivity contribution >= 4 is 29.4 Å². The average Bonchev–Trinajstić information content (AvgIpc) is 2.62. The van der Waals surface area contributed by atoms with Crippen LogP contribution >= 0.6 is 11.8 Å². The molecule has 0 spiro atoms. The van der Waals surface area contributed by atoms with E-state index in [4.69, 9.17) is 4.74 Å². The average molecular weight is 345 g/mol. The maximum absolute atomic E-state index is 12.2. The first-order valence-electron chi connectivity index (χ1n) is 7.30. The van der Waals surface area contributed by atoms with Crippen molar-refractivity contribution in [3.8, 4) is 0 Å². The molecule has 0 fully saturated rings. The number of benzene rings is 1. The zero-order valence-electron chi connectivity index (χ0n) is 13.5. The van der Waals surface area contributed by atoms with Crippen molar-refractivity contribution in [3.05, 3.63) is 54.4 Å². The largest absolute Gasteiger partial charge is 0.469 e. The van der Waals surface area contributed by atoms with E-state index < -0.39 is 18.0 Å². The summed E-state index contributed by atoms with van der Waals surface area (Å²) in [5, 5.41) is 5.49. The quantitative estimate of drug-likeness (QED) is 0.621. The van der Waals surface area contributed by atoms with Gasteiger partial charge < -0.3 is 15.4 Å². The Kier molecular flexibility index (Phi) is 6.62. The number of pyridine rings is 1. The smallest absolute Gasteiger partial charge is 0.319 e. The lowest BCUT2D eigenvalue weighted by atomic mass is 10.0. The maximum Gasteiger partial charge on any atom is 0.319 e. The van der Waals surface area contributed by atoms with Crippen molar-refractivity contribution < 1.29 is 14.3 Å². The number of methoxy groups -OCH3 is 1. The fourth-order valence-corrected chi connectivity index (χ4v) is 2.51. The minimum Gasteiger partial charge on any atom is -0.469 e. The van der Waals surface area contributed by atoms with Gasteiger partial charge in [-0.15, -0.1) is 11.8 Å². The molecule has 6 nitrogen and oxygen atoms in total. The summed E-state index contributed by atoms with van der Waals surface area (Å²) in [6, 6.07) is 10.2. The molecule has 2 N–H and O–H groups in total. The van der Waals surface area contributed by atoms with Crippen LogP contribution in [0.1, 0.15) is 18.0 Å². The fourth-order valence-electron chi connectivity index (χ4n) is 2.10. The summed E-state index contributed by atoms with van der Waals surface area (Å²) < 4.78 is 4.72. The van der Waals surface area contributed by atoms with Crippen molar-refractivity contribution in [2.45, 2.75) is 17.4 Å². The highest BCUT2D eigenvalue weighted by Gasteiger charge is 2.19. The van der Waals surface area contributed by atoms with Crippen LogP contribution in [0.4, 0.5) is 10.5 Å². The molecule has 2 amide bonds. The summed E-state index contributed by atoms with van der Waals surface area (Å²) in [5.74, 6) is -0.393. The topological polar surface area (TPSA) is 80.3 Å². The molecule has 2 rings (SSSR count). The van der Waals surface area contributed by atoms with Crippen molar-refractivity contribution in [1.29, 1.82) is 0 Å². The van der Waals surface area contributed by atoms with Crippen LogP contribution in [0.15, 0.2) is 53.7 Å². The molecule has 7 heteroatoms. The second kappa shape index (κ2) is 8.93.